The summed E-state index contributed by atoms with van der Waals surface area (Å²) in [6.07, 6.45) is -7.71. The van der Waals surface area contributed by atoms with Gasteiger partial charge in [0.1, 0.15) is 5.84 Å². The summed E-state index contributed by atoms with van der Waals surface area (Å²) in [4.78, 5) is 18.1. The number of aliphatic imine (C=N–C) groups is 1. The number of likely N-dealkylation sites (tertiary alicyclic amines) is 1. The number of carbonyl (C=O) groups is 1. The van der Waals surface area contributed by atoms with E-state index in [0.717, 1.165) is 22.7 Å². The maximum atomic E-state index is 13.3. The van der Waals surface area contributed by atoms with Crippen molar-refractivity contribution in [3.8, 4) is 0 Å². The van der Waals surface area contributed by atoms with E-state index in [2.05, 4.69) is 10.3 Å². The van der Waals surface area contributed by atoms with E-state index in [1.54, 1.807) is 7.05 Å². The predicted octanol–water partition coefficient (Wildman–Crippen LogP) is 4.77. The highest BCUT2D eigenvalue weighted by Crippen LogP contribution is 2.54. The highest BCUT2D eigenvalue weighted by Gasteiger charge is 2.54. The van der Waals surface area contributed by atoms with Crippen molar-refractivity contribution in [2.24, 2.45) is 22.7 Å². The van der Waals surface area contributed by atoms with Gasteiger partial charge in [-0.2, -0.15) is 26.3 Å². The highest BCUT2D eigenvalue weighted by atomic mass is 32.2. The molecule has 2 heterocycles. The van der Waals surface area contributed by atoms with Crippen LogP contribution in [0.25, 0.3) is 0 Å². The number of allylic oxidation sites excluding steroid dienone is 1. The molecule has 3 aliphatic rings. The van der Waals surface area contributed by atoms with Gasteiger partial charge in [-0.05, 0) is 47.2 Å². The van der Waals surface area contributed by atoms with Crippen LogP contribution in [0.2, 0.25) is 0 Å². The smallest absolute Gasteiger partial charge is 0.300 e. The highest BCUT2D eigenvalue weighted by molar-refractivity contribution is 8.18. The number of carbonyl (C=O) groups excluding carboxylic acids is 1. The maximum Gasteiger partial charge on any atom is 0.416 e. The molecule has 2 saturated heterocycles. The summed E-state index contributed by atoms with van der Waals surface area (Å²) in [5.74, 6) is 1.26. The van der Waals surface area contributed by atoms with E-state index in [0.29, 0.717) is 25.0 Å². The topological polar surface area (TPSA) is 44.7 Å². The molecule has 0 radical (unpaired) electrons. The van der Waals surface area contributed by atoms with Crippen molar-refractivity contribution in [2.45, 2.75) is 18.9 Å². The lowest BCUT2D eigenvalue weighted by atomic mass is 10.0. The molecule has 162 valence electrons. The number of amides is 1. The van der Waals surface area contributed by atoms with E-state index < -0.39 is 23.5 Å². The van der Waals surface area contributed by atoms with Crippen molar-refractivity contribution in [1.29, 1.82) is 0 Å². The van der Waals surface area contributed by atoms with Crippen molar-refractivity contribution in [1.82, 2.24) is 10.2 Å². The van der Waals surface area contributed by atoms with Gasteiger partial charge < -0.3 is 5.32 Å². The predicted molar refractivity (Wildman–Crippen MR) is 99.8 cm³/mol. The largest absolute Gasteiger partial charge is 0.416 e. The normalized spacial score (nSPS) is 29.6. The number of fused-ring (bicyclic) bond motifs is 1. The number of halogens is 6. The van der Waals surface area contributed by atoms with Gasteiger partial charge in [-0.1, -0.05) is 12.1 Å². The molecule has 1 amide bonds. The summed E-state index contributed by atoms with van der Waals surface area (Å²) in [6.45, 7) is 1.06. The van der Waals surface area contributed by atoms with Crippen molar-refractivity contribution < 1.29 is 31.1 Å². The number of benzene rings is 1. The lowest BCUT2D eigenvalue weighted by molar-refractivity contribution is -0.143. The number of piperidine rings is 1. The third-order valence-electron chi connectivity index (χ3n) is 5.70. The number of amidine groups is 1. The number of rotatable bonds is 3. The van der Waals surface area contributed by atoms with Crippen molar-refractivity contribution >= 4 is 22.8 Å². The second-order valence-corrected chi connectivity index (χ2v) is 8.60. The molecule has 2 aliphatic heterocycles. The summed E-state index contributed by atoms with van der Waals surface area (Å²) in [5.41, 5.74) is -2.71. The molecule has 1 N–H and O–H groups in total. The van der Waals surface area contributed by atoms with Crippen LogP contribution >= 0.6 is 11.8 Å². The lowest BCUT2D eigenvalue weighted by Crippen LogP contribution is -2.26. The van der Waals surface area contributed by atoms with Gasteiger partial charge in [0.2, 0.25) is 0 Å². The zero-order valence-electron chi connectivity index (χ0n) is 15.6. The van der Waals surface area contributed by atoms with Gasteiger partial charge in [0.25, 0.3) is 5.24 Å². The van der Waals surface area contributed by atoms with Gasteiger partial charge in [-0.15, -0.1) is 0 Å². The fourth-order valence-electron chi connectivity index (χ4n) is 4.22. The van der Waals surface area contributed by atoms with Crippen molar-refractivity contribution in [3.05, 3.63) is 45.9 Å². The Hall–Kier alpha value is -2.01. The number of nitrogens with zero attached hydrogens (tertiary/aromatic N) is 2. The molecular formula is C19H17F6N3OS. The molecule has 1 aromatic carbocycles. The molecule has 0 bridgehead atoms. The van der Waals surface area contributed by atoms with Crippen molar-refractivity contribution in [3.63, 3.8) is 0 Å². The fourth-order valence-corrected chi connectivity index (χ4v) is 5.03. The van der Waals surface area contributed by atoms with Crippen LogP contribution in [0.4, 0.5) is 31.1 Å². The van der Waals surface area contributed by atoms with Crippen molar-refractivity contribution in [2.75, 3.05) is 20.1 Å². The van der Waals surface area contributed by atoms with Gasteiger partial charge in [-0.25, -0.2) is 0 Å². The Balaban J connectivity index is 1.44. The summed E-state index contributed by atoms with van der Waals surface area (Å²) in [6, 6.07) is 1.80. The first-order valence-electron chi connectivity index (χ1n) is 9.15. The first-order chi connectivity index (χ1) is 14.0. The third kappa shape index (κ3) is 4.09. The minimum absolute atomic E-state index is 0.0558. The Kier molecular flexibility index (Phi) is 5.16. The minimum atomic E-state index is -4.86. The Morgan fingerprint density at radius 2 is 1.83 bits per heavy atom. The molecule has 1 unspecified atom stereocenters. The van der Waals surface area contributed by atoms with Gasteiger partial charge >= 0.3 is 12.4 Å². The lowest BCUT2D eigenvalue weighted by Gasteiger charge is -2.22. The first-order valence-corrected chi connectivity index (χ1v) is 9.96. The van der Waals surface area contributed by atoms with E-state index >= 15 is 0 Å². The van der Waals surface area contributed by atoms with Crippen LogP contribution in [-0.2, 0) is 18.9 Å². The number of thioether (sulfide) groups is 1. The van der Waals surface area contributed by atoms with E-state index in [4.69, 9.17) is 0 Å². The first kappa shape index (κ1) is 21.2. The number of hydrogen-bond donors (Lipinski definition) is 1. The summed E-state index contributed by atoms with van der Waals surface area (Å²) in [7, 11) is 1.58. The van der Waals surface area contributed by atoms with Crippen LogP contribution in [0.15, 0.2) is 34.2 Å². The summed E-state index contributed by atoms with van der Waals surface area (Å²) < 4.78 is 78.4. The standard InChI is InChI=1S/C19H17F6N3OS/c1-26-16-15(30-17(29)27-16)5-11-12-7-28(8-13(11)12)6-9-2-3-10(18(20,21)22)4-14(9)19(23,24)25/h2-5,11-13H,6-8H2,1H3,(H,26,27,29)/t11?,12-,13+. The quantitative estimate of drug-likeness (QED) is 0.677. The zero-order valence-corrected chi connectivity index (χ0v) is 16.5. The van der Waals surface area contributed by atoms with Gasteiger partial charge in [0.05, 0.1) is 16.0 Å². The maximum absolute atomic E-state index is 13.3. The molecule has 30 heavy (non-hydrogen) atoms. The Bertz CT molecular complexity index is 927. The molecule has 0 spiro atoms. The second kappa shape index (κ2) is 7.30. The van der Waals surface area contributed by atoms with E-state index in [-0.39, 0.29) is 41.2 Å². The van der Waals surface area contributed by atoms with Crippen LogP contribution in [0.5, 0.6) is 0 Å². The molecule has 4 rings (SSSR count). The molecule has 11 heteroatoms. The Morgan fingerprint density at radius 1 is 1.17 bits per heavy atom. The molecule has 4 nitrogen and oxygen atoms in total. The average molecular weight is 449 g/mol. The molecular weight excluding hydrogens is 432 g/mol. The van der Waals surface area contributed by atoms with Crippen LogP contribution in [0.1, 0.15) is 16.7 Å². The van der Waals surface area contributed by atoms with Crippen LogP contribution in [0, 0.1) is 17.8 Å². The van der Waals surface area contributed by atoms with E-state index in [9.17, 15) is 31.1 Å². The van der Waals surface area contributed by atoms with E-state index in [1.807, 2.05) is 11.0 Å². The van der Waals surface area contributed by atoms with Crippen LogP contribution < -0.4 is 5.32 Å². The molecule has 3 atom stereocenters. The molecule has 0 aromatic heterocycles. The number of nitrogens with one attached hydrogen (secondary N) is 1. The average Bonchev–Trinajstić information content (AvgIpc) is 2.97. The number of hydrogen-bond acceptors (Lipinski definition) is 4. The van der Waals surface area contributed by atoms with Crippen LogP contribution in [0.3, 0.4) is 0 Å². The Labute approximate surface area is 172 Å². The molecule has 1 saturated carbocycles. The van der Waals surface area contributed by atoms with Gasteiger partial charge in [0.15, 0.2) is 0 Å². The van der Waals surface area contributed by atoms with E-state index in [1.165, 1.54) is 0 Å². The fraction of sp³-hybridized carbons (Fsp3) is 0.474. The summed E-state index contributed by atoms with van der Waals surface area (Å²) in [5, 5.41) is 2.44. The zero-order chi connectivity index (χ0) is 21.8. The van der Waals surface area contributed by atoms with Crippen LogP contribution in [-0.4, -0.2) is 36.1 Å². The molecule has 3 fully saturated rings. The second-order valence-electron chi connectivity index (χ2n) is 7.58. The monoisotopic (exact) mass is 449 g/mol. The minimum Gasteiger partial charge on any atom is -0.300 e. The molecule has 1 aromatic rings. The van der Waals surface area contributed by atoms with Gasteiger partial charge in [0, 0.05) is 26.7 Å². The SMILES string of the molecule is CN=C1NC(=O)SC1=CC1[C@H]2CN(Cc3ccc(C(F)(F)F)cc3C(F)(F)F)C[C@@H]12. The van der Waals surface area contributed by atoms with Gasteiger partial charge in [-0.3, -0.25) is 14.7 Å². The Morgan fingerprint density at radius 3 is 2.40 bits per heavy atom. The number of alkyl halides is 6. The third-order valence-corrected chi connectivity index (χ3v) is 6.53. The molecule has 1 aliphatic carbocycles. The summed E-state index contributed by atoms with van der Waals surface area (Å²) >= 11 is 1.07.